The maximum atomic E-state index is 13.8. The molecule has 6 N–H and O–H groups in total. The Balaban J connectivity index is 1.17. The summed E-state index contributed by atoms with van der Waals surface area (Å²) >= 11 is 0. The van der Waals surface area contributed by atoms with Crippen LogP contribution in [0.1, 0.15) is 19.3 Å². The number of hydrogen-bond acceptors (Lipinski definition) is 9. The van der Waals surface area contributed by atoms with Crippen LogP contribution < -0.4 is 27.1 Å². The molecule has 11 nitrogen and oxygen atoms in total. The first-order valence-corrected chi connectivity index (χ1v) is 12.8. The van der Waals surface area contributed by atoms with E-state index < -0.39 is 18.3 Å². The van der Waals surface area contributed by atoms with Gasteiger partial charge in [-0.15, -0.1) is 0 Å². The topological polar surface area (TPSA) is 121 Å². The molecule has 5 aliphatic heterocycles. The summed E-state index contributed by atoms with van der Waals surface area (Å²) in [5, 5.41) is 11.5. The van der Waals surface area contributed by atoms with Crippen molar-refractivity contribution in [2.45, 2.75) is 55.9 Å². The van der Waals surface area contributed by atoms with Gasteiger partial charge >= 0.3 is 0 Å². The van der Waals surface area contributed by atoms with Crippen molar-refractivity contribution in [3.63, 3.8) is 0 Å². The van der Waals surface area contributed by atoms with Crippen molar-refractivity contribution in [1.29, 1.82) is 0 Å². The maximum Gasteiger partial charge on any atom is 0.240 e. The molecule has 0 bridgehead atoms. The molecule has 0 aromatic heterocycles. The van der Waals surface area contributed by atoms with Gasteiger partial charge in [0.05, 0.1) is 30.3 Å². The van der Waals surface area contributed by atoms with E-state index >= 15 is 0 Å². The second kappa shape index (κ2) is 10.3. The van der Waals surface area contributed by atoms with E-state index in [1.165, 1.54) is 0 Å². The lowest BCUT2D eigenvalue weighted by Gasteiger charge is -2.45. The van der Waals surface area contributed by atoms with E-state index in [-0.39, 0.29) is 49.2 Å². The molecule has 12 heteroatoms. The van der Waals surface area contributed by atoms with Crippen molar-refractivity contribution >= 4 is 11.8 Å². The average Bonchev–Trinajstić information content (AvgIpc) is 3.40. The summed E-state index contributed by atoms with van der Waals surface area (Å²) in [5.74, 6) is -0.334. The molecule has 192 valence electrons. The highest BCUT2D eigenvalue weighted by atomic mass is 19.1. The summed E-state index contributed by atoms with van der Waals surface area (Å²) in [4.78, 5) is 32.9. The van der Waals surface area contributed by atoms with Gasteiger partial charge in [0.1, 0.15) is 6.17 Å². The van der Waals surface area contributed by atoms with Gasteiger partial charge in [-0.3, -0.25) is 24.7 Å². The van der Waals surface area contributed by atoms with Crippen LogP contribution in [0.2, 0.25) is 0 Å². The maximum absolute atomic E-state index is 13.8. The van der Waals surface area contributed by atoms with Crippen LogP contribution in [0.5, 0.6) is 0 Å². The first-order chi connectivity index (χ1) is 16.4. The molecule has 0 aliphatic carbocycles. The van der Waals surface area contributed by atoms with E-state index in [1.807, 2.05) is 11.9 Å². The van der Waals surface area contributed by atoms with E-state index in [9.17, 15) is 14.0 Å². The van der Waals surface area contributed by atoms with Gasteiger partial charge in [0.15, 0.2) is 0 Å². The van der Waals surface area contributed by atoms with Crippen molar-refractivity contribution < 1.29 is 14.0 Å². The van der Waals surface area contributed by atoms with Crippen LogP contribution in [-0.2, 0) is 9.59 Å². The molecule has 5 heterocycles. The number of likely N-dealkylation sites (N-methyl/N-ethyl adjacent to an activating group) is 1. The van der Waals surface area contributed by atoms with Gasteiger partial charge in [0.25, 0.3) is 0 Å². The molecule has 0 saturated carbocycles. The fourth-order valence-corrected chi connectivity index (χ4v) is 6.39. The summed E-state index contributed by atoms with van der Waals surface area (Å²) in [7, 11) is 2.04. The first kappa shape index (κ1) is 24.3. The Morgan fingerprint density at radius 3 is 2.62 bits per heavy atom. The molecule has 0 aromatic carbocycles. The van der Waals surface area contributed by atoms with Crippen molar-refractivity contribution in [3.8, 4) is 0 Å². The third-order valence-electron chi connectivity index (χ3n) is 8.30. The highest BCUT2D eigenvalue weighted by molar-refractivity contribution is 5.82. The Kier molecular flexibility index (Phi) is 7.35. The highest BCUT2D eigenvalue weighted by Gasteiger charge is 2.48. The van der Waals surface area contributed by atoms with Crippen LogP contribution in [0.4, 0.5) is 4.39 Å². The predicted molar refractivity (Wildman–Crippen MR) is 125 cm³/mol. The zero-order valence-corrected chi connectivity index (χ0v) is 20.1. The largest absolute Gasteiger partial charge is 0.350 e. The normalized spacial score (nSPS) is 40.3. The molecule has 5 saturated heterocycles. The summed E-state index contributed by atoms with van der Waals surface area (Å²) in [5.41, 5.74) is 9.28. The summed E-state index contributed by atoms with van der Waals surface area (Å²) in [6.45, 7) is 6.16. The van der Waals surface area contributed by atoms with Crippen LogP contribution >= 0.6 is 0 Å². The Hall–Kier alpha value is -1.41. The number of nitrogens with two attached hydrogens (primary N) is 1. The van der Waals surface area contributed by atoms with Crippen LogP contribution in [0.3, 0.4) is 0 Å². The molecule has 34 heavy (non-hydrogen) atoms. The van der Waals surface area contributed by atoms with E-state index in [0.29, 0.717) is 6.54 Å². The lowest BCUT2D eigenvalue weighted by molar-refractivity contribution is -0.137. The van der Waals surface area contributed by atoms with E-state index in [4.69, 9.17) is 5.73 Å². The Morgan fingerprint density at radius 1 is 1.09 bits per heavy atom. The molecular formula is C22H40FN9O2. The van der Waals surface area contributed by atoms with E-state index in [0.717, 1.165) is 58.5 Å². The number of halogens is 1. The first-order valence-electron chi connectivity index (χ1n) is 12.8. The minimum Gasteiger partial charge on any atom is -0.350 e. The van der Waals surface area contributed by atoms with Gasteiger partial charge in [-0.05, 0) is 39.4 Å². The number of nitrogens with one attached hydrogen (secondary N) is 4. The SMILES string of the molecule is CN1CCC[C@H]1C(=O)N1CCN(C2CCNCC2NC(=O)C2C(N)NN3CC(F)CNC23)CC1. The summed E-state index contributed by atoms with van der Waals surface area (Å²) in [6, 6.07) is 0.207. The molecule has 2 amide bonds. The van der Waals surface area contributed by atoms with Crippen LogP contribution in [-0.4, -0.2) is 134 Å². The van der Waals surface area contributed by atoms with Crippen LogP contribution in [0, 0.1) is 5.92 Å². The molecule has 7 atom stereocenters. The molecular weight excluding hydrogens is 441 g/mol. The predicted octanol–water partition coefficient (Wildman–Crippen LogP) is -2.94. The zero-order chi connectivity index (χ0) is 23.8. The molecule has 6 unspecified atom stereocenters. The summed E-state index contributed by atoms with van der Waals surface area (Å²) < 4.78 is 13.8. The van der Waals surface area contributed by atoms with Crippen molar-refractivity contribution in [1.82, 2.24) is 41.1 Å². The van der Waals surface area contributed by atoms with Crippen LogP contribution in [0.15, 0.2) is 0 Å². The standard InChI is InChI=1S/C22H40FN9O2/c1-29-6-2-3-17(29)22(34)31-9-7-30(8-10-31)16-4-5-25-12-15(16)27-21(33)18-19(24)28-32-13-14(23)11-26-20(18)32/h14-20,25-26,28H,2-13,24H2,1H3,(H,27,33)/t14?,15?,16?,17-,18?,19?,20?/m0/s1. The van der Waals surface area contributed by atoms with Crippen molar-refractivity contribution in [3.05, 3.63) is 0 Å². The molecule has 5 aliphatic rings. The monoisotopic (exact) mass is 481 g/mol. The fraction of sp³-hybridized carbons (Fsp3) is 0.909. The van der Waals surface area contributed by atoms with Crippen molar-refractivity contribution in [2.75, 3.05) is 66.0 Å². The quantitative estimate of drug-likeness (QED) is 0.287. The number of nitrogens with zero attached hydrogens (tertiary/aromatic N) is 4. The molecule has 5 fully saturated rings. The molecule has 0 aromatic rings. The minimum absolute atomic E-state index is 0.0299. The molecule has 5 rings (SSSR count). The number of hydrogen-bond donors (Lipinski definition) is 5. The molecule has 0 spiro atoms. The minimum atomic E-state index is -0.982. The average molecular weight is 482 g/mol. The Morgan fingerprint density at radius 2 is 1.88 bits per heavy atom. The lowest BCUT2D eigenvalue weighted by atomic mass is 9.95. The number of amides is 2. The van der Waals surface area contributed by atoms with Crippen LogP contribution in [0.25, 0.3) is 0 Å². The van der Waals surface area contributed by atoms with Gasteiger partial charge in [-0.25, -0.2) is 14.8 Å². The van der Waals surface area contributed by atoms with Gasteiger partial charge in [-0.1, -0.05) is 0 Å². The van der Waals surface area contributed by atoms with E-state index in [2.05, 4.69) is 31.2 Å². The molecule has 0 radical (unpaired) electrons. The number of likely N-dealkylation sites (tertiary alicyclic amines) is 1. The highest BCUT2D eigenvalue weighted by Crippen LogP contribution is 2.24. The lowest BCUT2D eigenvalue weighted by Crippen LogP contribution is -2.65. The van der Waals surface area contributed by atoms with Gasteiger partial charge in [0.2, 0.25) is 11.8 Å². The number of carbonyl (C=O) groups excluding carboxylic acids is 2. The number of carbonyl (C=O) groups is 2. The van der Waals surface area contributed by atoms with Gasteiger partial charge < -0.3 is 21.3 Å². The summed E-state index contributed by atoms with van der Waals surface area (Å²) in [6.07, 6.45) is 1.14. The number of piperidine rings is 1. The smallest absolute Gasteiger partial charge is 0.240 e. The number of alkyl halides is 1. The number of rotatable bonds is 4. The second-order valence-electron chi connectivity index (χ2n) is 10.5. The Labute approximate surface area is 200 Å². The third kappa shape index (κ3) is 4.81. The Bertz CT molecular complexity index is 752. The zero-order valence-electron chi connectivity index (χ0n) is 20.1. The van der Waals surface area contributed by atoms with Crippen molar-refractivity contribution in [2.24, 2.45) is 11.7 Å². The number of hydrazine groups is 1. The number of fused-ring (bicyclic) bond motifs is 1. The fourth-order valence-electron chi connectivity index (χ4n) is 6.39. The number of piperazine rings is 1. The second-order valence-corrected chi connectivity index (χ2v) is 10.5. The third-order valence-corrected chi connectivity index (χ3v) is 8.30. The van der Waals surface area contributed by atoms with Gasteiger partial charge in [-0.2, -0.15) is 0 Å². The van der Waals surface area contributed by atoms with Gasteiger partial charge in [0, 0.05) is 51.9 Å². The van der Waals surface area contributed by atoms with E-state index in [1.54, 1.807) is 5.01 Å².